The molecule has 28 heavy (non-hydrogen) atoms. The van der Waals surface area contributed by atoms with Crippen LogP contribution in [0.25, 0.3) is 0 Å². The zero-order valence-corrected chi connectivity index (χ0v) is 17.6. The van der Waals surface area contributed by atoms with Crippen LogP contribution >= 0.6 is 11.6 Å². The monoisotopic (exact) mass is 432 g/mol. The van der Waals surface area contributed by atoms with E-state index in [4.69, 9.17) is 21.1 Å². The van der Waals surface area contributed by atoms with Crippen molar-refractivity contribution >= 4 is 33.5 Å². The van der Waals surface area contributed by atoms with Crippen molar-refractivity contribution in [1.29, 1.82) is 0 Å². The molecule has 1 amide bonds. The molecule has 0 bridgehead atoms. The summed E-state index contributed by atoms with van der Waals surface area (Å²) in [6.07, 6.45) is 1.62. The summed E-state index contributed by atoms with van der Waals surface area (Å²) in [6, 6.07) is 4.04. The van der Waals surface area contributed by atoms with E-state index in [2.05, 4.69) is 0 Å². The molecular formula is C18H25ClN2O6S. The second-order valence-corrected chi connectivity index (χ2v) is 8.62. The lowest BCUT2D eigenvalue weighted by Crippen LogP contribution is -2.39. The molecule has 0 spiro atoms. The van der Waals surface area contributed by atoms with E-state index in [1.807, 2.05) is 0 Å². The minimum atomic E-state index is -3.70. The van der Waals surface area contributed by atoms with E-state index in [-0.39, 0.29) is 41.8 Å². The smallest absolute Gasteiger partial charge is 0.325 e. The van der Waals surface area contributed by atoms with Crippen molar-refractivity contribution in [3.8, 4) is 0 Å². The van der Waals surface area contributed by atoms with Crippen LogP contribution in [0.3, 0.4) is 0 Å². The van der Waals surface area contributed by atoms with Gasteiger partial charge in [0.2, 0.25) is 10.0 Å². The van der Waals surface area contributed by atoms with Crippen molar-refractivity contribution in [2.75, 3.05) is 46.5 Å². The van der Waals surface area contributed by atoms with Gasteiger partial charge in [0.25, 0.3) is 5.91 Å². The Balaban J connectivity index is 2.32. The first-order chi connectivity index (χ1) is 13.3. The number of ether oxygens (including phenoxy) is 2. The lowest BCUT2D eigenvalue weighted by Gasteiger charge is -2.22. The number of carbonyl (C=O) groups is 2. The zero-order valence-electron chi connectivity index (χ0n) is 16.0. The van der Waals surface area contributed by atoms with Crippen LogP contribution in [-0.4, -0.2) is 76.0 Å². The van der Waals surface area contributed by atoms with Gasteiger partial charge in [0.1, 0.15) is 6.54 Å². The highest BCUT2D eigenvalue weighted by Gasteiger charge is 2.29. The molecule has 1 heterocycles. The summed E-state index contributed by atoms with van der Waals surface area (Å²) >= 11 is 6.17. The normalized spacial score (nSPS) is 14.8. The maximum absolute atomic E-state index is 13.0. The zero-order chi connectivity index (χ0) is 20.7. The summed E-state index contributed by atoms with van der Waals surface area (Å²) in [6.45, 7) is 2.82. The minimum Gasteiger partial charge on any atom is -0.465 e. The van der Waals surface area contributed by atoms with Gasteiger partial charge in [-0.2, -0.15) is 4.31 Å². The third-order valence-electron chi connectivity index (χ3n) is 4.35. The summed E-state index contributed by atoms with van der Waals surface area (Å²) in [5.41, 5.74) is 0.0161. The maximum atomic E-state index is 13.0. The highest BCUT2D eigenvalue weighted by atomic mass is 35.5. The first kappa shape index (κ1) is 22.6. The van der Waals surface area contributed by atoms with Gasteiger partial charge >= 0.3 is 5.97 Å². The van der Waals surface area contributed by atoms with E-state index < -0.39 is 21.9 Å². The van der Waals surface area contributed by atoms with Gasteiger partial charge in [0, 0.05) is 26.7 Å². The fourth-order valence-corrected chi connectivity index (χ4v) is 4.64. The molecule has 0 aliphatic carbocycles. The summed E-state index contributed by atoms with van der Waals surface area (Å²) in [4.78, 5) is 26.1. The van der Waals surface area contributed by atoms with E-state index >= 15 is 0 Å². The van der Waals surface area contributed by atoms with Gasteiger partial charge in [-0.25, -0.2) is 8.42 Å². The molecule has 0 radical (unpaired) electrons. The number of rotatable bonds is 9. The molecule has 0 aromatic heterocycles. The van der Waals surface area contributed by atoms with Crippen molar-refractivity contribution < 1.29 is 27.5 Å². The van der Waals surface area contributed by atoms with Gasteiger partial charge in [-0.15, -0.1) is 0 Å². The van der Waals surface area contributed by atoms with E-state index in [1.54, 1.807) is 6.92 Å². The first-order valence-electron chi connectivity index (χ1n) is 9.04. The fourth-order valence-electron chi connectivity index (χ4n) is 2.89. The quantitative estimate of drug-likeness (QED) is 0.552. The number of benzene rings is 1. The molecule has 1 aliphatic heterocycles. The Labute approximate surface area is 170 Å². The van der Waals surface area contributed by atoms with Gasteiger partial charge in [-0.05, 0) is 38.0 Å². The summed E-state index contributed by atoms with van der Waals surface area (Å²) < 4.78 is 36.9. The molecule has 0 atom stereocenters. The van der Waals surface area contributed by atoms with Gasteiger partial charge in [-0.1, -0.05) is 11.6 Å². The third kappa shape index (κ3) is 5.44. The van der Waals surface area contributed by atoms with Crippen LogP contribution in [0.1, 0.15) is 30.1 Å². The van der Waals surface area contributed by atoms with E-state index in [0.29, 0.717) is 13.1 Å². The maximum Gasteiger partial charge on any atom is 0.325 e. The van der Waals surface area contributed by atoms with Crippen LogP contribution in [-0.2, 0) is 24.3 Å². The molecule has 156 valence electrons. The average molecular weight is 433 g/mol. The molecule has 2 rings (SSSR count). The Morgan fingerprint density at radius 3 is 2.54 bits per heavy atom. The molecule has 1 aromatic rings. The van der Waals surface area contributed by atoms with E-state index in [1.165, 1.54) is 34.5 Å². The number of amides is 1. The number of halogens is 1. The largest absolute Gasteiger partial charge is 0.465 e. The predicted octanol–water partition coefficient (Wildman–Crippen LogP) is 1.78. The van der Waals surface area contributed by atoms with E-state index in [0.717, 1.165) is 12.8 Å². The third-order valence-corrected chi connectivity index (χ3v) is 6.57. The molecule has 1 aliphatic rings. The van der Waals surface area contributed by atoms with Crippen molar-refractivity contribution in [2.45, 2.75) is 24.7 Å². The van der Waals surface area contributed by atoms with Gasteiger partial charge < -0.3 is 14.4 Å². The minimum absolute atomic E-state index is 0.00461. The Kier molecular flexibility index (Phi) is 8.23. The summed E-state index contributed by atoms with van der Waals surface area (Å²) in [5.74, 6) is -1.13. The molecule has 1 fully saturated rings. The number of hydrogen-bond acceptors (Lipinski definition) is 6. The van der Waals surface area contributed by atoms with Crippen molar-refractivity contribution in [3.63, 3.8) is 0 Å². The average Bonchev–Trinajstić information content (AvgIpc) is 3.20. The Hall–Kier alpha value is -1.68. The number of hydrogen-bond donors (Lipinski definition) is 0. The predicted molar refractivity (Wildman–Crippen MR) is 104 cm³/mol. The molecule has 0 saturated carbocycles. The van der Waals surface area contributed by atoms with Crippen LogP contribution in [0, 0.1) is 0 Å². The van der Waals surface area contributed by atoms with Crippen LogP contribution < -0.4 is 0 Å². The van der Waals surface area contributed by atoms with Crippen molar-refractivity contribution in [1.82, 2.24) is 9.21 Å². The number of carbonyl (C=O) groups excluding carboxylic acids is 2. The van der Waals surface area contributed by atoms with Crippen LogP contribution in [0.15, 0.2) is 23.1 Å². The molecule has 8 nitrogen and oxygen atoms in total. The molecule has 0 unspecified atom stereocenters. The number of esters is 1. The highest BCUT2D eigenvalue weighted by Crippen LogP contribution is 2.26. The highest BCUT2D eigenvalue weighted by molar-refractivity contribution is 7.89. The van der Waals surface area contributed by atoms with Crippen LogP contribution in [0.5, 0.6) is 0 Å². The van der Waals surface area contributed by atoms with Crippen molar-refractivity contribution in [3.05, 3.63) is 28.8 Å². The molecular weight excluding hydrogens is 408 g/mol. The molecule has 10 heteroatoms. The van der Waals surface area contributed by atoms with Crippen LogP contribution in [0.2, 0.25) is 5.02 Å². The standard InChI is InChI=1S/C18H25ClN2O6S/c1-3-27-17(22)13-20(10-11-26-2)18(23)15-12-14(6-7-16(15)19)28(24,25)21-8-4-5-9-21/h6-7,12H,3-5,8-11,13H2,1-2H3. The molecule has 1 saturated heterocycles. The van der Waals surface area contributed by atoms with Crippen LogP contribution in [0.4, 0.5) is 0 Å². The lowest BCUT2D eigenvalue weighted by atomic mass is 10.2. The summed E-state index contributed by atoms with van der Waals surface area (Å²) in [5, 5.41) is 0.108. The SMILES string of the molecule is CCOC(=O)CN(CCOC)C(=O)c1cc(S(=O)(=O)N2CCCC2)ccc1Cl. The Bertz CT molecular complexity index is 808. The number of methoxy groups -OCH3 is 1. The second kappa shape index (κ2) is 10.2. The number of nitrogens with zero attached hydrogens (tertiary/aromatic N) is 2. The van der Waals surface area contributed by atoms with Gasteiger partial charge in [-0.3, -0.25) is 9.59 Å². The topological polar surface area (TPSA) is 93.2 Å². The Morgan fingerprint density at radius 2 is 1.93 bits per heavy atom. The summed E-state index contributed by atoms with van der Waals surface area (Å²) in [7, 11) is -2.22. The fraction of sp³-hybridized carbons (Fsp3) is 0.556. The Morgan fingerprint density at radius 1 is 1.25 bits per heavy atom. The van der Waals surface area contributed by atoms with Gasteiger partial charge in [0.15, 0.2) is 0 Å². The van der Waals surface area contributed by atoms with Gasteiger partial charge in [0.05, 0.1) is 28.7 Å². The number of sulfonamides is 1. The van der Waals surface area contributed by atoms with E-state index in [9.17, 15) is 18.0 Å². The van der Waals surface area contributed by atoms with Crippen molar-refractivity contribution in [2.24, 2.45) is 0 Å². The lowest BCUT2D eigenvalue weighted by molar-refractivity contribution is -0.143. The molecule has 1 aromatic carbocycles. The molecule has 0 N–H and O–H groups in total. The second-order valence-electron chi connectivity index (χ2n) is 6.28. The first-order valence-corrected chi connectivity index (χ1v) is 10.9.